The fourth-order valence-electron chi connectivity index (χ4n) is 5.86. The number of nitrogens with zero attached hydrogens (tertiary/aromatic N) is 4. The van der Waals surface area contributed by atoms with Crippen molar-refractivity contribution in [2.24, 2.45) is 0 Å². The minimum atomic E-state index is -4.77. The van der Waals surface area contributed by atoms with Gasteiger partial charge in [-0.05, 0) is 60.5 Å². The number of fused-ring (bicyclic) bond motifs is 3. The van der Waals surface area contributed by atoms with Crippen LogP contribution in [0.4, 0.5) is 28.9 Å². The number of allylic oxidation sites excluding steroid dienone is 1. The Labute approximate surface area is 263 Å². The van der Waals surface area contributed by atoms with Crippen molar-refractivity contribution in [3.63, 3.8) is 0 Å². The van der Waals surface area contributed by atoms with Crippen molar-refractivity contribution in [2.45, 2.75) is 29.6 Å². The fraction of sp³-hybridized carbons (Fsp3) is 0.323. The van der Waals surface area contributed by atoms with Crippen LogP contribution in [0.25, 0.3) is 11.6 Å². The largest absolute Gasteiger partial charge is 0.416 e. The molecule has 0 saturated carbocycles. The molecular weight excluding hydrogens is 636 g/mol. The Morgan fingerprint density at radius 2 is 1.76 bits per heavy atom. The summed E-state index contributed by atoms with van der Waals surface area (Å²) in [4.78, 5) is 2.97. The summed E-state index contributed by atoms with van der Waals surface area (Å²) in [6.07, 6.45) is -3.14. The van der Waals surface area contributed by atoms with Crippen LogP contribution in [0.1, 0.15) is 23.6 Å². The van der Waals surface area contributed by atoms with Crippen molar-refractivity contribution in [2.75, 3.05) is 48.6 Å². The topological polar surface area (TPSA) is 108 Å². The van der Waals surface area contributed by atoms with Gasteiger partial charge in [-0.2, -0.15) is 18.4 Å². The highest BCUT2D eigenvalue weighted by Crippen LogP contribution is 2.42. The van der Waals surface area contributed by atoms with E-state index >= 15 is 0 Å². The van der Waals surface area contributed by atoms with E-state index in [1.165, 1.54) is 12.1 Å². The van der Waals surface area contributed by atoms with Crippen LogP contribution in [0.3, 0.4) is 0 Å². The molecule has 1 atom stereocenters. The normalized spacial score (nSPS) is 17.9. The van der Waals surface area contributed by atoms with Gasteiger partial charge < -0.3 is 15.1 Å². The zero-order valence-electron chi connectivity index (χ0n) is 24.0. The number of alkyl halides is 3. The molecule has 1 fully saturated rings. The molecule has 0 unspecified atom stereocenters. The van der Waals surface area contributed by atoms with Gasteiger partial charge in [-0.3, -0.25) is 9.21 Å². The molecule has 0 amide bonds. The lowest BCUT2D eigenvalue weighted by Gasteiger charge is -2.51. The molecule has 5 rings (SSSR count). The average Bonchev–Trinajstić information content (AvgIpc) is 3.01. The van der Waals surface area contributed by atoms with E-state index in [-0.39, 0.29) is 35.9 Å². The molecule has 2 aliphatic heterocycles. The number of sulfonamides is 1. The summed E-state index contributed by atoms with van der Waals surface area (Å²) in [5.74, 6) is -0.539. The lowest BCUT2D eigenvalue weighted by atomic mass is 9.96. The summed E-state index contributed by atoms with van der Waals surface area (Å²) in [5.41, 5.74) is -0.897. The second-order valence-electron chi connectivity index (χ2n) is 11.0. The van der Waals surface area contributed by atoms with Gasteiger partial charge in [-0.1, -0.05) is 35.9 Å². The van der Waals surface area contributed by atoms with Crippen LogP contribution in [-0.2, 0) is 16.2 Å². The molecule has 0 bridgehead atoms. The lowest BCUT2D eigenvalue weighted by Crippen LogP contribution is -2.66. The maximum atomic E-state index is 14.6. The Balaban J connectivity index is 1.63. The van der Waals surface area contributed by atoms with Gasteiger partial charge in [-0.15, -0.1) is 0 Å². The molecule has 45 heavy (non-hydrogen) atoms. The number of hydrogen-bond donors (Lipinski definition) is 2. The fourth-order valence-corrected chi connectivity index (χ4v) is 7.72. The zero-order valence-corrected chi connectivity index (χ0v) is 25.5. The highest BCUT2D eigenvalue weighted by atomic mass is 35.5. The molecule has 3 aromatic rings. The number of anilines is 2. The van der Waals surface area contributed by atoms with Crippen molar-refractivity contribution in [3.05, 3.63) is 88.2 Å². The highest BCUT2D eigenvalue weighted by Gasteiger charge is 2.45. The van der Waals surface area contributed by atoms with Gasteiger partial charge in [0, 0.05) is 25.2 Å². The first kappa shape index (κ1) is 32.7. The molecule has 0 radical (unpaired) electrons. The van der Waals surface area contributed by atoms with Crippen LogP contribution >= 0.6 is 11.6 Å². The van der Waals surface area contributed by atoms with Crippen LogP contribution in [0.2, 0.25) is 5.02 Å². The van der Waals surface area contributed by atoms with Crippen molar-refractivity contribution in [1.29, 1.82) is 5.26 Å². The van der Waals surface area contributed by atoms with E-state index in [0.717, 1.165) is 22.5 Å². The van der Waals surface area contributed by atoms with E-state index in [2.05, 4.69) is 0 Å². The van der Waals surface area contributed by atoms with E-state index in [4.69, 9.17) is 11.6 Å². The quantitative estimate of drug-likeness (QED) is 0.270. The highest BCUT2D eigenvalue weighted by molar-refractivity contribution is 7.92. The van der Waals surface area contributed by atoms with Gasteiger partial charge in [-0.25, -0.2) is 12.8 Å². The number of halogens is 5. The number of aliphatic hydroxyl groups is 2. The Kier molecular flexibility index (Phi) is 8.91. The molecule has 2 aliphatic rings. The van der Waals surface area contributed by atoms with Crippen molar-refractivity contribution in [3.8, 4) is 6.07 Å². The molecule has 0 aliphatic carbocycles. The first-order chi connectivity index (χ1) is 21.3. The summed E-state index contributed by atoms with van der Waals surface area (Å²) in [5, 5.41) is 29.9. The van der Waals surface area contributed by atoms with Gasteiger partial charge in [0.2, 0.25) is 0 Å². The summed E-state index contributed by atoms with van der Waals surface area (Å²) < 4.78 is 84.5. The van der Waals surface area contributed by atoms with Crippen molar-refractivity contribution >= 4 is 44.6 Å². The smallest absolute Gasteiger partial charge is 0.393 e. The minimum Gasteiger partial charge on any atom is -0.393 e. The second kappa shape index (κ2) is 12.3. The molecular formula is C31H29ClF4N4O4S. The minimum absolute atomic E-state index is 0.0786. The SMILES string of the molecule is C/C(=C\c1ccc2c(c1)N(S(=O)(=O)c1cccc(C(F)(F)F)c1)C[C@@H]1CN(C(C#N)(CO)CO)CCN21)c1c(F)cccc1Cl. The third kappa shape index (κ3) is 6.01. The summed E-state index contributed by atoms with van der Waals surface area (Å²) in [7, 11) is -4.57. The monoisotopic (exact) mass is 664 g/mol. The number of aliphatic hydroxyl groups excluding tert-OH is 2. The number of hydrogen-bond acceptors (Lipinski definition) is 7. The lowest BCUT2D eigenvalue weighted by molar-refractivity contribution is -0.137. The summed E-state index contributed by atoms with van der Waals surface area (Å²) in [6, 6.07) is 14.1. The van der Waals surface area contributed by atoms with Crippen LogP contribution < -0.4 is 9.21 Å². The Morgan fingerprint density at radius 1 is 1.04 bits per heavy atom. The van der Waals surface area contributed by atoms with E-state index in [9.17, 15) is 41.5 Å². The number of rotatable bonds is 7. The van der Waals surface area contributed by atoms with Crippen molar-refractivity contribution in [1.82, 2.24) is 4.90 Å². The zero-order chi connectivity index (χ0) is 32.7. The maximum Gasteiger partial charge on any atom is 0.416 e. The van der Waals surface area contributed by atoms with Crippen LogP contribution in [0, 0.1) is 17.1 Å². The number of benzene rings is 3. The molecule has 0 spiro atoms. The molecule has 238 valence electrons. The number of piperazine rings is 1. The van der Waals surface area contributed by atoms with E-state index in [0.29, 0.717) is 29.4 Å². The van der Waals surface area contributed by atoms with Gasteiger partial charge in [0.1, 0.15) is 5.82 Å². The van der Waals surface area contributed by atoms with Crippen LogP contribution in [-0.4, -0.2) is 74.5 Å². The average molecular weight is 665 g/mol. The molecule has 1 saturated heterocycles. The van der Waals surface area contributed by atoms with Gasteiger partial charge >= 0.3 is 6.18 Å². The van der Waals surface area contributed by atoms with Crippen LogP contribution in [0.5, 0.6) is 0 Å². The third-order valence-electron chi connectivity index (χ3n) is 8.26. The molecule has 8 nitrogen and oxygen atoms in total. The molecule has 3 aromatic carbocycles. The second-order valence-corrected chi connectivity index (χ2v) is 13.3. The standard InChI is InChI=1S/C31H29ClF4N4O4S/c1-20(29-25(32)6-3-7-26(29)33)12-21-8-9-27-28(13-21)40(45(43,44)24-5-2-4-22(14-24)31(34,35)36)16-23-15-38(10-11-39(23)27)30(17-37,18-41)19-42/h2-9,12-14,23,41-42H,10-11,15-16,18-19H2,1H3/b20-12+/t23-/m0/s1. The van der Waals surface area contributed by atoms with E-state index < -0.39 is 57.3 Å². The Bertz CT molecular complexity index is 1770. The van der Waals surface area contributed by atoms with E-state index in [1.807, 2.05) is 11.0 Å². The van der Waals surface area contributed by atoms with Gasteiger partial charge in [0.25, 0.3) is 10.0 Å². The number of nitriles is 1. The molecule has 0 aromatic heterocycles. The first-order valence-corrected chi connectivity index (χ1v) is 15.7. The van der Waals surface area contributed by atoms with Gasteiger partial charge in [0.05, 0.1) is 58.7 Å². The molecule has 2 N–H and O–H groups in total. The Morgan fingerprint density at radius 3 is 2.40 bits per heavy atom. The summed E-state index contributed by atoms with van der Waals surface area (Å²) in [6.45, 7) is 0.781. The third-order valence-corrected chi connectivity index (χ3v) is 10.4. The molecule has 14 heteroatoms. The van der Waals surface area contributed by atoms with Gasteiger partial charge in [0.15, 0.2) is 5.54 Å². The van der Waals surface area contributed by atoms with Crippen LogP contribution in [0.15, 0.2) is 65.6 Å². The predicted octanol–water partition coefficient (Wildman–Crippen LogP) is 5.00. The maximum absolute atomic E-state index is 14.6. The predicted molar refractivity (Wildman–Crippen MR) is 163 cm³/mol. The Hall–Kier alpha value is -3.67. The van der Waals surface area contributed by atoms with Crippen molar-refractivity contribution < 1.29 is 36.2 Å². The molecule has 2 heterocycles. The summed E-state index contributed by atoms with van der Waals surface area (Å²) >= 11 is 6.24. The van der Waals surface area contributed by atoms with E-state index in [1.54, 1.807) is 42.2 Å². The first-order valence-electron chi connectivity index (χ1n) is 13.9.